The van der Waals surface area contributed by atoms with Crippen molar-refractivity contribution in [2.75, 3.05) is 0 Å². The smallest absolute Gasteiger partial charge is 0.183 e. The Kier molecular flexibility index (Phi) is 1.66. The molecule has 2 aromatic rings. The Morgan fingerprint density at radius 1 is 1.50 bits per heavy atom. The van der Waals surface area contributed by atoms with Crippen molar-refractivity contribution < 1.29 is 9.21 Å². The average molecular weight is 212 g/mol. The number of nitrogens with zero attached hydrogens (tertiary/aromatic N) is 2. The number of aromatic nitrogens is 1. The van der Waals surface area contributed by atoms with Gasteiger partial charge in [-0.3, -0.25) is 4.79 Å². The molecular weight excluding hydrogens is 204 g/mol. The standard InChI is InChI=1S/C12H8N2O2/c13-6-12(3-4-12)11(15)8-1-2-9-10(5-8)16-7-14-9/h1-2,5,7H,3-4H2. The minimum atomic E-state index is -0.770. The Morgan fingerprint density at radius 3 is 3.00 bits per heavy atom. The Bertz CT molecular complexity index is 617. The van der Waals surface area contributed by atoms with Crippen molar-refractivity contribution in [1.82, 2.24) is 4.98 Å². The van der Waals surface area contributed by atoms with Crippen LogP contribution in [0.5, 0.6) is 0 Å². The Balaban J connectivity index is 2.06. The van der Waals surface area contributed by atoms with E-state index in [-0.39, 0.29) is 5.78 Å². The highest BCUT2D eigenvalue weighted by Crippen LogP contribution is 2.47. The van der Waals surface area contributed by atoms with Gasteiger partial charge in [0.25, 0.3) is 0 Å². The largest absolute Gasteiger partial charge is 0.443 e. The van der Waals surface area contributed by atoms with Gasteiger partial charge < -0.3 is 4.42 Å². The van der Waals surface area contributed by atoms with Crippen LogP contribution in [0.25, 0.3) is 11.1 Å². The Hall–Kier alpha value is -2.15. The zero-order chi connectivity index (χ0) is 11.2. The number of fused-ring (bicyclic) bond motifs is 1. The van der Waals surface area contributed by atoms with Gasteiger partial charge >= 0.3 is 0 Å². The summed E-state index contributed by atoms with van der Waals surface area (Å²) in [5.74, 6) is -0.103. The molecule has 1 saturated carbocycles. The van der Waals surface area contributed by atoms with Crippen LogP contribution in [0.4, 0.5) is 0 Å². The van der Waals surface area contributed by atoms with Gasteiger partial charge in [-0.25, -0.2) is 4.98 Å². The number of nitriles is 1. The fraction of sp³-hybridized carbons (Fsp3) is 0.250. The molecule has 1 aliphatic rings. The quantitative estimate of drug-likeness (QED) is 0.716. The lowest BCUT2D eigenvalue weighted by molar-refractivity contribution is 0.0934. The number of hydrogen-bond acceptors (Lipinski definition) is 4. The van der Waals surface area contributed by atoms with E-state index in [1.807, 2.05) is 0 Å². The first-order valence-corrected chi connectivity index (χ1v) is 5.04. The molecule has 0 bridgehead atoms. The lowest BCUT2D eigenvalue weighted by Gasteiger charge is -2.03. The fourth-order valence-corrected chi connectivity index (χ4v) is 1.79. The summed E-state index contributed by atoms with van der Waals surface area (Å²) in [6.07, 6.45) is 2.67. The second-order valence-electron chi connectivity index (χ2n) is 4.06. The molecule has 78 valence electrons. The summed E-state index contributed by atoms with van der Waals surface area (Å²) in [4.78, 5) is 16.0. The number of carbonyl (C=O) groups excluding carboxylic acids is 1. The summed E-state index contributed by atoms with van der Waals surface area (Å²) in [6.45, 7) is 0. The molecule has 4 nitrogen and oxygen atoms in total. The second kappa shape index (κ2) is 2.92. The third-order valence-corrected chi connectivity index (χ3v) is 2.99. The van der Waals surface area contributed by atoms with Crippen LogP contribution in [0, 0.1) is 16.7 Å². The monoisotopic (exact) mass is 212 g/mol. The summed E-state index contributed by atoms with van der Waals surface area (Å²) in [7, 11) is 0. The molecule has 0 radical (unpaired) electrons. The molecule has 4 heteroatoms. The van der Waals surface area contributed by atoms with E-state index in [4.69, 9.17) is 9.68 Å². The van der Waals surface area contributed by atoms with Gasteiger partial charge in [0.05, 0.1) is 6.07 Å². The van der Waals surface area contributed by atoms with Crippen molar-refractivity contribution in [3.05, 3.63) is 30.2 Å². The Labute approximate surface area is 91.5 Å². The molecule has 0 aliphatic heterocycles. The van der Waals surface area contributed by atoms with Gasteiger partial charge in [0, 0.05) is 5.56 Å². The molecule has 1 aliphatic carbocycles. The first-order chi connectivity index (χ1) is 7.75. The number of Topliss-reactive ketones (excluding diaryl/α,β-unsaturated/α-hetero) is 1. The first kappa shape index (κ1) is 9.10. The van der Waals surface area contributed by atoms with Crippen molar-refractivity contribution >= 4 is 16.9 Å². The summed E-state index contributed by atoms with van der Waals surface area (Å²) in [6, 6.07) is 7.19. The molecule has 0 atom stereocenters. The third-order valence-electron chi connectivity index (χ3n) is 2.99. The van der Waals surface area contributed by atoms with E-state index in [2.05, 4.69) is 11.1 Å². The maximum atomic E-state index is 12.0. The SMILES string of the molecule is N#CC1(C(=O)c2ccc3ncoc3c2)CC1. The highest BCUT2D eigenvalue weighted by atomic mass is 16.3. The number of carbonyl (C=O) groups is 1. The van der Waals surface area contributed by atoms with E-state index < -0.39 is 5.41 Å². The zero-order valence-electron chi connectivity index (χ0n) is 8.43. The van der Waals surface area contributed by atoms with Crippen LogP contribution in [0.3, 0.4) is 0 Å². The van der Waals surface area contributed by atoms with E-state index in [1.165, 1.54) is 6.39 Å². The van der Waals surface area contributed by atoms with E-state index in [0.717, 1.165) is 5.52 Å². The van der Waals surface area contributed by atoms with Gasteiger partial charge in [-0.15, -0.1) is 0 Å². The van der Waals surface area contributed by atoms with Gasteiger partial charge in [0.1, 0.15) is 10.9 Å². The summed E-state index contributed by atoms with van der Waals surface area (Å²) in [5.41, 5.74) is 1.06. The first-order valence-electron chi connectivity index (χ1n) is 5.04. The average Bonchev–Trinajstić information content (AvgIpc) is 2.98. The van der Waals surface area contributed by atoms with Crippen molar-refractivity contribution in [3.63, 3.8) is 0 Å². The lowest BCUT2D eigenvalue weighted by atomic mass is 9.96. The van der Waals surface area contributed by atoms with Crippen LogP contribution in [0.15, 0.2) is 29.0 Å². The molecular formula is C12H8N2O2. The van der Waals surface area contributed by atoms with Crippen molar-refractivity contribution in [2.45, 2.75) is 12.8 Å². The molecule has 1 fully saturated rings. The molecule has 1 heterocycles. The highest BCUT2D eigenvalue weighted by molar-refractivity contribution is 6.05. The maximum Gasteiger partial charge on any atom is 0.183 e. The second-order valence-corrected chi connectivity index (χ2v) is 4.06. The molecule has 0 unspecified atom stereocenters. The molecule has 0 saturated heterocycles. The fourth-order valence-electron chi connectivity index (χ4n) is 1.79. The van der Waals surface area contributed by atoms with Crippen LogP contribution in [-0.2, 0) is 0 Å². The van der Waals surface area contributed by atoms with Crippen molar-refractivity contribution in [2.24, 2.45) is 5.41 Å². The van der Waals surface area contributed by atoms with Crippen LogP contribution >= 0.6 is 0 Å². The highest BCUT2D eigenvalue weighted by Gasteiger charge is 2.50. The number of ketones is 1. The van der Waals surface area contributed by atoms with Crippen molar-refractivity contribution in [1.29, 1.82) is 5.26 Å². The van der Waals surface area contributed by atoms with E-state index in [0.29, 0.717) is 24.0 Å². The predicted molar refractivity (Wildman–Crippen MR) is 55.6 cm³/mol. The van der Waals surface area contributed by atoms with Gasteiger partial charge in [0.2, 0.25) is 0 Å². The van der Waals surface area contributed by atoms with Crippen molar-refractivity contribution in [3.8, 4) is 6.07 Å². The molecule has 0 N–H and O–H groups in total. The normalized spacial score (nSPS) is 16.9. The summed E-state index contributed by atoms with van der Waals surface area (Å²) >= 11 is 0. The number of oxazole rings is 1. The summed E-state index contributed by atoms with van der Waals surface area (Å²) in [5, 5.41) is 8.95. The molecule has 1 aromatic carbocycles. The van der Waals surface area contributed by atoms with Gasteiger partial charge in [-0.1, -0.05) is 0 Å². The third kappa shape index (κ3) is 1.15. The minimum Gasteiger partial charge on any atom is -0.443 e. The molecule has 0 spiro atoms. The molecule has 0 amide bonds. The maximum absolute atomic E-state index is 12.0. The van der Waals surface area contributed by atoms with Gasteiger partial charge in [-0.05, 0) is 31.0 Å². The van der Waals surface area contributed by atoms with E-state index in [9.17, 15) is 4.79 Å². The predicted octanol–water partition coefficient (Wildman–Crippen LogP) is 2.31. The summed E-state index contributed by atoms with van der Waals surface area (Å²) < 4.78 is 5.13. The zero-order valence-corrected chi connectivity index (χ0v) is 8.43. The van der Waals surface area contributed by atoms with Crippen LogP contribution in [-0.4, -0.2) is 10.8 Å². The molecule has 1 aromatic heterocycles. The number of rotatable bonds is 2. The van der Waals surface area contributed by atoms with E-state index in [1.54, 1.807) is 18.2 Å². The molecule has 16 heavy (non-hydrogen) atoms. The minimum absolute atomic E-state index is 0.103. The van der Waals surface area contributed by atoms with Gasteiger partial charge in [-0.2, -0.15) is 5.26 Å². The molecule has 3 rings (SSSR count). The Morgan fingerprint density at radius 2 is 2.31 bits per heavy atom. The topological polar surface area (TPSA) is 66.9 Å². The van der Waals surface area contributed by atoms with Crippen LogP contribution < -0.4 is 0 Å². The van der Waals surface area contributed by atoms with Crippen LogP contribution in [0.1, 0.15) is 23.2 Å². The van der Waals surface area contributed by atoms with Crippen LogP contribution in [0.2, 0.25) is 0 Å². The number of hydrogen-bond donors (Lipinski definition) is 0. The lowest BCUT2D eigenvalue weighted by Crippen LogP contribution is -2.13. The van der Waals surface area contributed by atoms with E-state index >= 15 is 0 Å². The van der Waals surface area contributed by atoms with Gasteiger partial charge in [0.15, 0.2) is 17.8 Å². The number of benzene rings is 1.